The zero-order valence-corrected chi connectivity index (χ0v) is 20.0. The van der Waals surface area contributed by atoms with Crippen molar-refractivity contribution >= 4 is 27.7 Å². The fourth-order valence-corrected chi connectivity index (χ4v) is 3.11. The van der Waals surface area contributed by atoms with E-state index in [1.54, 1.807) is 11.8 Å². The molecular weight excluding hydrogens is 444 g/mol. The van der Waals surface area contributed by atoms with Crippen molar-refractivity contribution in [1.82, 2.24) is 10.2 Å². The van der Waals surface area contributed by atoms with Gasteiger partial charge in [-0.25, -0.2) is 0 Å². The van der Waals surface area contributed by atoms with Crippen LogP contribution in [0, 0.1) is 19.8 Å². The molecule has 6 heteroatoms. The van der Waals surface area contributed by atoms with Crippen LogP contribution in [0.15, 0.2) is 46.9 Å². The molecule has 1 N–H and O–H groups in total. The van der Waals surface area contributed by atoms with Gasteiger partial charge < -0.3 is 15.0 Å². The van der Waals surface area contributed by atoms with Crippen LogP contribution in [-0.2, 0) is 16.1 Å². The molecule has 0 aliphatic rings. The molecule has 0 aliphatic heterocycles. The number of amides is 2. The number of hydrogen-bond donors (Lipinski definition) is 1. The molecule has 2 amide bonds. The van der Waals surface area contributed by atoms with Gasteiger partial charge in [-0.3, -0.25) is 9.59 Å². The molecule has 2 aromatic carbocycles. The number of nitrogens with one attached hydrogen (secondary N) is 1. The summed E-state index contributed by atoms with van der Waals surface area (Å²) < 4.78 is 6.71. The van der Waals surface area contributed by atoms with Crippen molar-refractivity contribution in [2.75, 3.05) is 13.2 Å². The highest BCUT2D eigenvalue weighted by Crippen LogP contribution is 2.22. The van der Waals surface area contributed by atoms with Crippen LogP contribution in [0.3, 0.4) is 0 Å². The first-order valence-electron chi connectivity index (χ1n) is 10.2. The number of carbonyl (C=O) groups excluding carboxylic acids is 2. The van der Waals surface area contributed by atoms with Crippen molar-refractivity contribution in [3.8, 4) is 5.75 Å². The minimum Gasteiger partial charge on any atom is -0.484 e. The van der Waals surface area contributed by atoms with Gasteiger partial charge in [0.05, 0.1) is 0 Å². The molecular formula is C24H31BrN2O3. The van der Waals surface area contributed by atoms with E-state index in [1.165, 1.54) is 0 Å². The van der Waals surface area contributed by atoms with Crippen LogP contribution in [0.1, 0.15) is 37.5 Å². The van der Waals surface area contributed by atoms with Gasteiger partial charge in [0.15, 0.2) is 6.61 Å². The van der Waals surface area contributed by atoms with E-state index in [-0.39, 0.29) is 18.4 Å². The number of halogens is 1. The molecule has 0 bridgehead atoms. The molecule has 2 rings (SSSR count). The summed E-state index contributed by atoms with van der Waals surface area (Å²) in [6.45, 7) is 10.6. The first-order chi connectivity index (χ1) is 14.2. The lowest BCUT2D eigenvalue weighted by Crippen LogP contribution is -2.49. The Hall–Kier alpha value is -2.34. The highest BCUT2D eigenvalue weighted by atomic mass is 79.9. The van der Waals surface area contributed by atoms with Crippen LogP contribution in [0.25, 0.3) is 0 Å². The Morgan fingerprint density at radius 1 is 1.07 bits per heavy atom. The fourth-order valence-electron chi connectivity index (χ4n) is 2.86. The number of hydrogen-bond acceptors (Lipinski definition) is 3. The van der Waals surface area contributed by atoms with Crippen molar-refractivity contribution < 1.29 is 14.3 Å². The summed E-state index contributed by atoms with van der Waals surface area (Å²) in [4.78, 5) is 27.3. The zero-order chi connectivity index (χ0) is 22.3. The lowest BCUT2D eigenvalue weighted by Gasteiger charge is -2.29. The van der Waals surface area contributed by atoms with E-state index in [0.29, 0.717) is 24.8 Å². The zero-order valence-electron chi connectivity index (χ0n) is 18.4. The van der Waals surface area contributed by atoms with Gasteiger partial charge in [0.2, 0.25) is 5.91 Å². The molecule has 162 valence electrons. The summed E-state index contributed by atoms with van der Waals surface area (Å²) in [7, 11) is 0. The first-order valence-corrected chi connectivity index (χ1v) is 11.0. The molecule has 0 aromatic heterocycles. The third-order valence-corrected chi connectivity index (χ3v) is 5.71. The summed E-state index contributed by atoms with van der Waals surface area (Å²) in [6, 6.07) is 12.9. The van der Waals surface area contributed by atoms with Crippen LogP contribution in [0.4, 0.5) is 0 Å². The molecule has 0 aliphatic carbocycles. The monoisotopic (exact) mass is 474 g/mol. The number of carbonyl (C=O) groups is 2. The quantitative estimate of drug-likeness (QED) is 0.575. The molecule has 1 atom stereocenters. The third-order valence-electron chi connectivity index (χ3n) is 4.82. The standard InChI is InChI=1S/C24H31BrN2O3/c1-16(2)13-26-24(29)19(5)27(14-20-8-6-17(3)7-9-20)23(28)15-30-21-10-11-22(25)18(4)12-21/h6-12,16,19H,13-15H2,1-5H3,(H,26,29). The summed E-state index contributed by atoms with van der Waals surface area (Å²) in [5.74, 6) is 0.564. The topological polar surface area (TPSA) is 58.6 Å². The molecule has 5 nitrogen and oxygen atoms in total. The average molecular weight is 475 g/mol. The second-order valence-corrected chi connectivity index (χ2v) is 8.88. The van der Waals surface area contributed by atoms with Gasteiger partial charge in [-0.2, -0.15) is 0 Å². The first kappa shape index (κ1) is 23.9. The highest BCUT2D eigenvalue weighted by molar-refractivity contribution is 9.10. The second-order valence-electron chi connectivity index (χ2n) is 8.02. The maximum absolute atomic E-state index is 13.0. The number of aryl methyl sites for hydroxylation is 2. The van der Waals surface area contributed by atoms with Crippen LogP contribution >= 0.6 is 15.9 Å². The molecule has 0 spiro atoms. The Kier molecular flexibility index (Phi) is 8.90. The minimum atomic E-state index is -0.604. The third kappa shape index (κ3) is 7.17. The number of rotatable bonds is 9. The Morgan fingerprint density at radius 3 is 2.33 bits per heavy atom. The van der Waals surface area contributed by atoms with Crippen molar-refractivity contribution in [2.24, 2.45) is 5.92 Å². The van der Waals surface area contributed by atoms with Gasteiger partial charge in [0, 0.05) is 17.6 Å². The van der Waals surface area contributed by atoms with E-state index in [2.05, 4.69) is 21.2 Å². The van der Waals surface area contributed by atoms with Crippen molar-refractivity contribution in [3.63, 3.8) is 0 Å². The number of nitrogens with zero attached hydrogens (tertiary/aromatic N) is 1. The van der Waals surface area contributed by atoms with Gasteiger partial charge in [-0.05, 0) is 56.0 Å². The predicted molar refractivity (Wildman–Crippen MR) is 123 cm³/mol. The minimum absolute atomic E-state index is 0.130. The van der Waals surface area contributed by atoms with Gasteiger partial charge in [0.1, 0.15) is 11.8 Å². The fraction of sp³-hybridized carbons (Fsp3) is 0.417. The summed E-state index contributed by atoms with van der Waals surface area (Å²) in [6.07, 6.45) is 0. The van der Waals surface area contributed by atoms with E-state index in [9.17, 15) is 9.59 Å². The van der Waals surface area contributed by atoms with Crippen LogP contribution in [0.5, 0.6) is 5.75 Å². The summed E-state index contributed by atoms with van der Waals surface area (Å²) >= 11 is 3.46. The molecule has 0 heterocycles. The Morgan fingerprint density at radius 2 is 1.73 bits per heavy atom. The molecule has 0 saturated carbocycles. The molecule has 0 saturated heterocycles. The van der Waals surface area contributed by atoms with Crippen molar-refractivity contribution in [2.45, 2.75) is 47.2 Å². The normalized spacial score (nSPS) is 11.8. The van der Waals surface area contributed by atoms with Gasteiger partial charge in [-0.15, -0.1) is 0 Å². The molecule has 30 heavy (non-hydrogen) atoms. The summed E-state index contributed by atoms with van der Waals surface area (Å²) in [5.41, 5.74) is 3.14. The predicted octanol–water partition coefficient (Wildman–Crippen LogP) is 4.63. The van der Waals surface area contributed by atoms with Crippen molar-refractivity contribution in [1.29, 1.82) is 0 Å². The lowest BCUT2D eigenvalue weighted by atomic mass is 10.1. The van der Waals surface area contributed by atoms with Gasteiger partial charge in [-0.1, -0.05) is 59.6 Å². The molecule has 1 unspecified atom stereocenters. The SMILES string of the molecule is Cc1ccc(CN(C(=O)COc2ccc(Br)c(C)c2)C(C)C(=O)NCC(C)C)cc1. The molecule has 2 aromatic rings. The van der Waals surface area contributed by atoms with Crippen molar-refractivity contribution in [3.05, 3.63) is 63.6 Å². The molecule has 0 radical (unpaired) electrons. The number of benzene rings is 2. The van der Waals surface area contributed by atoms with Crippen LogP contribution in [0.2, 0.25) is 0 Å². The van der Waals surface area contributed by atoms with Gasteiger partial charge >= 0.3 is 0 Å². The second kappa shape index (κ2) is 11.2. The lowest BCUT2D eigenvalue weighted by molar-refractivity contribution is -0.142. The highest BCUT2D eigenvalue weighted by Gasteiger charge is 2.26. The van der Waals surface area contributed by atoms with Crippen LogP contribution in [-0.4, -0.2) is 35.9 Å². The van der Waals surface area contributed by atoms with E-state index in [4.69, 9.17) is 4.74 Å². The smallest absolute Gasteiger partial charge is 0.261 e. The molecule has 0 fully saturated rings. The maximum Gasteiger partial charge on any atom is 0.261 e. The van der Waals surface area contributed by atoms with Crippen LogP contribution < -0.4 is 10.1 Å². The Balaban J connectivity index is 2.13. The van der Waals surface area contributed by atoms with E-state index >= 15 is 0 Å². The number of ether oxygens (including phenoxy) is 1. The van der Waals surface area contributed by atoms with E-state index in [1.807, 2.05) is 70.2 Å². The Labute approximate surface area is 187 Å². The largest absolute Gasteiger partial charge is 0.484 e. The van der Waals surface area contributed by atoms with E-state index < -0.39 is 6.04 Å². The van der Waals surface area contributed by atoms with Gasteiger partial charge in [0.25, 0.3) is 5.91 Å². The summed E-state index contributed by atoms with van der Waals surface area (Å²) in [5, 5.41) is 2.92. The Bertz CT molecular complexity index is 865. The average Bonchev–Trinajstić information content (AvgIpc) is 2.71. The van der Waals surface area contributed by atoms with E-state index in [0.717, 1.165) is 21.2 Å². The maximum atomic E-state index is 13.0.